The minimum Gasteiger partial charge on any atom is -0.395 e. The van der Waals surface area contributed by atoms with Crippen LogP contribution in [0.2, 0.25) is 5.02 Å². The number of amides is 1. The van der Waals surface area contributed by atoms with E-state index in [0.717, 1.165) is 19.2 Å². The van der Waals surface area contributed by atoms with Crippen LogP contribution in [0.15, 0.2) is 35.3 Å². The minimum absolute atomic E-state index is 0.0951. The number of carbonyl (C=O) groups excluding carboxylic acids is 1. The number of piperazine rings is 1. The minimum atomic E-state index is -0.709. The summed E-state index contributed by atoms with van der Waals surface area (Å²) in [4.78, 5) is 37.0. The van der Waals surface area contributed by atoms with Crippen molar-refractivity contribution in [3.8, 4) is 17.1 Å². The van der Waals surface area contributed by atoms with Crippen LogP contribution in [0.3, 0.4) is 0 Å². The molecule has 4 heterocycles. The van der Waals surface area contributed by atoms with Gasteiger partial charge in [-0.05, 0) is 25.1 Å². The SMILES string of the molecule is CCn1nc2n(c1=O)-c1cc(F)c(Cl)cc1N(C(=O)CN1CCN(CCO)CC1)c1ncccc1-2. The zero-order valence-corrected chi connectivity index (χ0v) is 19.9. The van der Waals surface area contributed by atoms with Crippen LogP contribution in [0.1, 0.15) is 6.92 Å². The second-order valence-corrected chi connectivity index (χ2v) is 8.86. The van der Waals surface area contributed by atoms with E-state index >= 15 is 0 Å². The van der Waals surface area contributed by atoms with Gasteiger partial charge in [0.25, 0.3) is 0 Å². The Morgan fingerprint density at radius 2 is 1.91 bits per heavy atom. The van der Waals surface area contributed by atoms with E-state index in [2.05, 4.69) is 15.0 Å². The summed E-state index contributed by atoms with van der Waals surface area (Å²) in [5.74, 6) is -0.423. The van der Waals surface area contributed by atoms with Crippen LogP contribution in [-0.4, -0.2) is 86.0 Å². The van der Waals surface area contributed by atoms with Crippen LogP contribution in [0.25, 0.3) is 17.1 Å². The van der Waals surface area contributed by atoms with E-state index in [1.165, 1.54) is 20.2 Å². The van der Waals surface area contributed by atoms with Gasteiger partial charge in [-0.25, -0.2) is 23.4 Å². The summed E-state index contributed by atoms with van der Waals surface area (Å²) in [6, 6.07) is 5.94. The van der Waals surface area contributed by atoms with Crippen molar-refractivity contribution >= 4 is 29.0 Å². The Kier molecular flexibility index (Phi) is 6.41. The summed E-state index contributed by atoms with van der Waals surface area (Å²) >= 11 is 6.16. The molecule has 0 bridgehead atoms. The summed E-state index contributed by atoms with van der Waals surface area (Å²) < 4.78 is 17.2. The van der Waals surface area contributed by atoms with Crippen molar-refractivity contribution < 1.29 is 14.3 Å². The number of hydrogen-bond donors (Lipinski definition) is 1. The lowest BCUT2D eigenvalue weighted by Gasteiger charge is -2.35. The Morgan fingerprint density at radius 3 is 2.63 bits per heavy atom. The first-order valence-corrected chi connectivity index (χ1v) is 11.8. The maximum atomic E-state index is 14.7. The predicted molar refractivity (Wildman–Crippen MR) is 129 cm³/mol. The average molecular weight is 502 g/mol. The van der Waals surface area contributed by atoms with Gasteiger partial charge in [-0.3, -0.25) is 19.5 Å². The number of aryl methyl sites for hydroxylation is 1. The maximum Gasteiger partial charge on any atom is 0.350 e. The highest BCUT2D eigenvalue weighted by atomic mass is 35.5. The normalized spacial score (nSPS) is 15.9. The van der Waals surface area contributed by atoms with Gasteiger partial charge < -0.3 is 5.11 Å². The number of aromatic nitrogens is 4. The van der Waals surface area contributed by atoms with E-state index in [4.69, 9.17) is 11.6 Å². The largest absolute Gasteiger partial charge is 0.395 e. The summed E-state index contributed by atoms with van der Waals surface area (Å²) in [7, 11) is 0. The fourth-order valence-corrected chi connectivity index (χ4v) is 4.74. The van der Waals surface area contributed by atoms with Crippen LogP contribution < -0.4 is 10.6 Å². The summed E-state index contributed by atoms with van der Waals surface area (Å²) in [6.45, 7) is 5.70. The molecule has 2 aliphatic heterocycles. The standard InChI is InChI=1S/C23H25ClFN7O3/c1-2-30-23(35)32-19-13-17(25)16(24)12-18(19)31(21-15(22(32)27-30)4-3-5-26-21)20(34)14-29-8-6-28(7-9-29)10-11-33/h3-5,12-13,33H,2,6-11,14H2,1H3. The van der Waals surface area contributed by atoms with Gasteiger partial charge in [0.2, 0.25) is 5.91 Å². The molecule has 2 aromatic heterocycles. The fraction of sp³-hybridized carbons (Fsp3) is 0.391. The Morgan fingerprint density at radius 1 is 1.17 bits per heavy atom. The van der Waals surface area contributed by atoms with E-state index < -0.39 is 11.5 Å². The summed E-state index contributed by atoms with van der Waals surface area (Å²) in [5, 5.41) is 13.5. The van der Waals surface area contributed by atoms with Crippen LogP contribution in [0.5, 0.6) is 0 Å². The number of β-amino-alcohol motifs (C(OH)–C–C–N with tert-alkyl or cyclic N) is 1. The third-order valence-electron chi connectivity index (χ3n) is 6.37. The van der Waals surface area contributed by atoms with Gasteiger partial charge in [-0.1, -0.05) is 11.6 Å². The predicted octanol–water partition coefficient (Wildman–Crippen LogP) is 1.50. The molecule has 35 heavy (non-hydrogen) atoms. The quantitative estimate of drug-likeness (QED) is 0.565. The van der Waals surface area contributed by atoms with Crippen molar-refractivity contribution in [3.05, 3.63) is 51.8 Å². The molecule has 184 valence electrons. The highest BCUT2D eigenvalue weighted by Gasteiger charge is 2.34. The van der Waals surface area contributed by atoms with Gasteiger partial charge in [-0.15, -0.1) is 5.10 Å². The maximum absolute atomic E-state index is 14.7. The number of rotatable bonds is 5. The number of hydrogen-bond acceptors (Lipinski definition) is 7. The molecule has 0 unspecified atom stereocenters. The summed E-state index contributed by atoms with van der Waals surface area (Å²) in [6.07, 6.45) is 1.56. The molecule has 0 atom stereocenters. The number of carbonyl (C=O) groups is 1. The Hall–Kier alpha value is -3.12. The molecule has 2 aliphatic rings. The number of aliphatic hydroxyl groups is 1. The molecule has 0 radical (unpaired) electrons. The zero-order valence-electron chi connectivity index (χ0n) is 19.2. The van der Waals surface area contributed by atoms with E-state index in [1.54, 1.807) is 25.3 Å². The second-order valence-electron chi connectivity index (χ2n) is 8.46. The molecule has 1 N–H and O–H groups in total. The van der Waals surface area contributed by atoms with Gasteiger partial charge in [0.05, 0.1) is 35.1 Å². The van der Waals surface area contributed by atoms with Crippen LogP contribution in [0.4, 0.5) is 15.9 Å². The molecule has 1 amide bonds. The first-order valence-electron chi connectivity index (χ1n) is 11.5. The van der Waals surface area contributed by atoms with E-state index in [1.807, 2.05) is 4.90 Å². The third-order valence-corrected chi connectivity index (χ3v) is 6.66. The highest BCUT2D eigenvalue weighted by Crippen LogP contribution is 2.42. The molecule has 0 aliphatic carbocycles. The number of anilines is 2. The van der Waals surface area contributed by atoms with E-state index in [9.17, 15) is 19.1 Å². The Balaban J connectivity index is 1.61. The Bertz CT molecular complexity index is 1330. The Labute approximate surface area is 205 Å². The van der Waals surface area contributed by atoms with Crippen LogP contribution >= 0.6 is 11.6 Å². The molecular formula is C23H25ClFN7O3. The number of nitrogens with zero attached hydrogens (tertiary/aromatic N) is 7. The van der Waals surface area contributed by atoms with Crippen LogP contribution in [0, 0.1) is 5.82 Å². The molecule has 10 nitrogen and oxygen atoms in total. The van der Waals surface area contributed by atoms with Crippen molar-refractivity contribution in [2.24, 2.45) is 0 Å². The number of pyridine rings is 1. The molecular weight excluding hydrogens is 477 g/mol. The molecule has 12 heteroatoms. The second kappa shape index (κ2) is 9.50. The van der Waals surface area contributed by atoms with Gasteiger partial charge in [0.1, 0.15) is 5.82 Å². The van der Waals surface area contributed by atoms with E-state index in [0.29, 0.717) is 37.6 Å². The van der Waals surface area contributed by atoms with Crippen molar-refractivity contribution in [3.63, 3.8) is 0 Å². The first-order chi connectivity index (χ1) is 16.9. The first kappa shape index (κ1) is 23.6. The highest BCUT2D eigenvalue weighted by molar-refractivity contribution is 6.31. The molecule has 3 aromatic rings. The molecule has 0 spiro atoms. The van der Waals surface area contributed by atoms with Gasteiger partial charge in [-0.2, -0.15) is 0 Å². The van der Waals surface area contributed by atoms with E-state index in [-0.39, 0.29) is 41.3 Å². The topological polar surface area (TPSA) is 99.7 Å². The average Bonchev–Trinajstić information content (AvgIpc) is 3.13. The third kappa shape index (κ3) is 4.14. The zero-order chi connectivity index (χ0) is 24.7. The van der Waals surface area contributed by atoms with Gasteiger partial charge in [0.15, 0.2) is 11.6 Å². The lowest BCUT2D eigenvalue weighted by Crippen LogP contribution is -2.50. The van der Waals surface area contributed by atoms with Crippen molar-refractivity contribution in [1.29, 1.82) is 0 Å². The lowest BCUT2D eigenvalue weighted by molar-refractivity contribution is -0.119. The molecule has 1 aromatic carbocycles. The van der Waals surface area contributed by atoms with Crippen molar-refractivity contribution in [2.75, 3.05) is 50.8 Å². The monoisotopic (exact) mass is 501 g/mol. The van der Waals surface area contributed by atoms with Crippen molar-refractivity contribution in [2.45, 2.75) is 13.5 Å². The van der Waals surface area contributed by atoms with Crippen LogP contribution in [-0.2, 0) is 11.3 Å². The molecule has 5 rings (SSSR count). The molecule has 0 saturated carbocycles. The van der Waals surface area contributed by atoms with Gasteiger partial charge >= 0.3 is 5.69 Å². The summed E-state index contributed by atoms with van der Waals surface area (Å²) in [5.41, 5.74) is 0.461. The lowest BCUT2D eigenvalue weighted by atomic mass is 10.2. The molecule has 1 fully saturated rings. The van der Waals surface area contributed by atoms with Gasteiger partial charge in [0, 0.05) is 51.5 Å². The van der Waals surface area contributed by atoms with Crippen molar-refractivity contribution in [1.82, 2.24) is 29.1 Å². The molecule has 1 saturated heterocycles. The number of halogens is 2. The number of benzene rings is 1. The smallest absolute Gasteiger partial charge is 0.350 e. The number of aliphatic hydroxyl groups excluding tert-OH is 1. The fourth-order valence-electron chi connectivity index (χ4n) is 4.58. The number of fused-ring (bicyclic) bond motifs is 5.